The number of hydrogen-bond donors (Lipinski definition) is 4. The van der Waals surface area contributed by atoms with E-state index in [4.69, 9.17) is 21.3 Å². The molecule has 17 nitrogen and oxygen atoms in total. The van der Waals surface area contributed by atoms with Crippen LogP contribution in [0.25, 0.3) is 23.4 Å². The van der Waals surface area contributed by atoms with Gasteiger partial charge in [0.1, 0.15) is 34.0 Å². The summed E-state index contributed by atoms with van der Waals surface area (Å²) in [7, 11) is 0. The Kier molecular flexibility index (Phi) is 10.6. The summed E-state index contributed by atoms with van der Waals surface area (Å²) in [5.41, 5.74) is 3.10. The van der Waals surface area contributed by atoms with Gasteiger partial charge in [-0.25, -0.2) is 19.2 Å². The maximum atomic E-state index is 13.3. The van der Waals surface area contributed by atoms with Crippen molar-refractivity contribution in [3.05, 3.63) is 87.6 Å². The highest BCUT2D eigenvalue weighted by Crippen LogP contribution is 2.35. The van der Waals surface area contributed by atoms with Crippen LogP contribution in [0.4, 0.5) is 26.6 Å². The third-order valence-electron chi connectivity index (χ3n) is 9.81. The van der Waals surface area contributed by atoms with E-state index in [1.807, 2.05) is 13.0 Å². The fraction of sp³-hybridized carbons (Fsp3) is 0.341. The van der Waals surface area contributed by atoms with Crippen molar-refractivity contribution in [3.8, 4) is 0 Å². The molecule has 19 heteroatoms. The van der Waals surface area contributed by atoms with Gasteiger partial charge in [0.25, 0.3) is 11.8 Å². The predicted molar refractivity (Wildman–Crippen MR) is 219 cm³/mol. The second-order valence-corrected chi connectivity index (χ2v) is 16.4. The van der Waals surface area contributed by atoms with E-state index in [0.717, 1.165) is 37.1 Å². The molecule has 5 amide bonds. The average molecular weight is 838 g/mol. The van der Waals surface area contributed by atoms with Crippen LogP contribution in [0.5, 0.6) is 0 Å². The zero-order valence-electron chi connectivity index (χ0n) is 33.1. The van der Waals surface area contributed by atoms with Gasteiger partial charge in [-0.2, -0.15) is 19.2 Å². The van der Waals surface area contributed by atoms with E-state index >= 15 is 0 Å². The number of fused-ring (bicyclic) bond motifs is 2. The van der Waals surface area contributed by atoms with E-state index in [1.54, 1.807) is 66.7 Å². The summed E-state index contributed by atoms with van der Waals surface area (Å²) >= 11 is 6.24. The number of rotatable bonds is 9. The van der Waals surface area contributed by atoms with E-state index in [0.29, 0.717) is 51.2 Å². The first-order valence-electron chi connectivity index (χ1n) is 19.4. The van der Waals surface area contributed by atoms with Gasteiger partial charge in [-0.05, 0) is 83.2 Å². The van der Waals surface area contributed by atoms with Gasteiger partial charge >= 0.3 is 6.09 Å². The minimum atomic E-state index is -0.651. The van der Waals surface area contributed by atoms with E-state index in [2.05, 4.69) is 36.4 Å². The lowest BCUT2D eigenvalue weighted by molar-refractivity contribution is -0.125. The Labute approximate surface area is 347 Å². The minimum Gasteiger partial charge on any atom is -0.443 e. The molecular weight excluding hydrogens is 797 g/mol. The molecule has 5 aromatic rings. The number of anilines is 3. The van der Waals surface area contributed by atoms with Gasteiger partial charge in [0, 0.05) is 52.5 Å². The van der Waals surface area contributed by atoms with Gasteiger partial charge in [0.2, 0.25) is 11.8 Å². The molecule has 2 aliphatic carbocycles. The van der Waals surface area contributed by atoms with E-state index in [-0.39, 0.29) is 53.6 Å². The van der Waals surface area contributed by atoms with Crippen LogP contribution in [0.1, 0.15) is 89.0 Å². The molecule has 4 fully saturated rings. The standard InChI is InChI=1S/C22H21FN6O2.C19H20ClN5O4/c1-12(13-2-4-16(23)5-3-13)25-18-10-19(26-17-6-7-17)29-21(27-18)15(11-24-29)8-14-9-20(30)28-22(14)31;1-19(2,3)29-18(28)24(12-4-5-12)15-8-13(20)22-16-11(9-21-25(15)16)6-10-7-14(26)23-17(10)27/h2-5,8,10-12,17,26H,6-7,9H2,1H3,(H,25,27)(H,28,30,31);6,8-9,12H,4-5,7H2,1-3H3,(H,23,26,27)/b14-8+;10-6+/t12-;/m0./s1. The highest BCUT2D eigenvalue weighted by atomic mass is 35.5. The molecule has 0 radical (unpaired) electrons. The normalized spacial score (nSPS) is 18.4. The first-order chi connectivity index (χ1) is 28.6. The largest absolute Gasteiger partial charge is 0.443 e. The van der Waals surface area contributed by atoms with Crippen molar-refractivity contribution >= 4 is 82.2 Å². The van der Waals surface area contributed by atoms with Crippen LogP contribution in [0.15, 0.2) is 59.9 Å². The third kappa shape index (κ3) is 8.97. The maximum Gasteiger partial charge on any atom is 0.416 e. The van der Waals surface area contributed by atoms with Gasteiger partial charge in [0.15, 0.2) is 11.3 Å². The fourth-order valence-corrected chi connectivity index (χ4v) is 6.83. The molecule has 2 saturated heterocycles. The Morgan fingerprint density at radius 3 is 2.02 bits per heavy atom. The Hall–Kier alpha value is -6.69. The molecule has 4 N–H and O–H groups in total. The molecule has 0 spiro atoms. The van der Waals surface area contributed by atoms with Crippen LogP contribution in [0.2, 0.25) is 5.15 Å². The topological polar surface area (TPSA) is 206 Å². The van der Waals surface area contributed by atoms with Crippen molar-refractivity contribution in [3.63, 3.8) is 0 Å². The number of imide groups is 2. The lowest BCUT2D eigenvalue weighted by atomic mass is 10.1. The van der Waals surface area contributed by atoms with Crippen molar-refractivity contribution in [2.75, 3.05) is 15.5 Å². The van der Waals surface area contributed by atoms with Crippen LogP contribution in [0, 0.1) is 5.82 Å². The summed E-state index contributed by atoms with van der Waals surface area (Å²) < 4.78 is 22.0. The predicted octanol–water partition coefficient (Wildman–Crippen LogP) is 5.76. The summed E-state index contributed by atoms with van der Waals surface area (Å²) in [5.74, 6) is 0.0787. The Morgan fingerprint density at radius 1 is 0.900 bits per heavy atom. The number of aromatic nitrogens is 6. The summed E-state index contributed by atoms with van der Waals surface area (Å²) in [6.45, 7) is 7.38. The minimum absolute atomic E-state index is 0.00393. The Morgan fingerprint density at radius 2 is 1.48 bits per heavy atom. The number of carbonyl (C=O) groups excluding carboxylic acids is 5. The van der Waals surface area contributed by atoms with Crippen molar-refractivity contribution < 1.29 is 33.1 Å². The van der Waals surface area contributed by atoms with Crippen molar-refractivity contribution in [2.45, 2.75) is 89.9 Å². The van der Waals surface area contributed by atoms with Crippen molar-refractivity contribution in [2.24, 2.45) is 0 Å². The summed E-state index contributed by atoms with van der Waals surface area (Å²) in [6.07, 6.45) is 9.81. The lowest BCUT2D eigenvalue weighted by Gasteiger charge is -2.27. The van der Waals surface area contributed by atoms with Gasteiger partial charge < -0.3 is 15.4 Å². The SMILES string of the molecule is CC(C)(C)OC(=O)N(c1cc(Cl)nc2c(/C=C3\CC(=O)NC3=O)cnn12)C1CC1.C[C@H](Nc1cc(NC2CC2)n2ncc(/C=C3\CC(=O)NC3=O)c2n1)c1ccc(F)cc1. The molecule has 2 aliphatic heterocycles. The van der Waals surface area contributed by atoms with Crippen LogP contribution in [-0.4, -0.2) is 76.6 Å². The molecule has 2 saturated carbocycles. The number of nitrogens with one attached hydrogen (secondary N) is 4. The molecule has 1 atom stereocenters. The maximum absolute atomic E-state index is 13.3. The van der Waals surface area contributed by atoms with E-state index in [1.165, 1.54) is 22.8 Å². The molecule has 310 valence electrons. The van der Waals surface area contributed by atoms with Gasteiger partial charge in [-0.15, -0.1) is 0 Å². The van der Waals surface area contributed by atoms with Crippen LogP contribution >= 0.6 is 11.6 Å². The number of amides is 5. The molecule has 4 aromatic heterocycles. The number of benzene rings is 1. The average Bonchev–Trinajstić information content (AvgIpc) is 4.04. The number of halogens is 2. The van der Waals surface area contributed by atoms with Crippen molar-refractivity contribution in [1.82, 2.24) is 39.8 Å². The summed E-state index contributed by atoms with van der Waals surface area (Å²) in [6, 6.07) is 10.1. The quantitative estimate of drug-likeness (QED) is 0.0795. The van der Waals surface area contributed by atoms with Crippen LogP contribution in [0.3, 0.4) is 0 Å². The molecule has 4 aliphatic rings. The second kappa shape index (κ2) is 15.8. The van der Waals surface area contributed by atoms with Crippen LogP contribution < -0.4 is 26.2 Å². The van der Waals surface area contributed by atoms with E-state index in [9.17, 15) is 28.4 Å². The number of ether oxygens (including phenoxy) is 1. The molecule has 60 heavy (non-hydrogen) atoms. The third-order valence-corrected chi connectivity index (χ3v) is 10.0. The monoisotopic (exact) mass is 837 g/mol. The smallest absolute Gasteiger partial charge is 0.416 e. The summed E-state index contributed by atoms with van der Waals surface area (Å²) in [4.78, 5) is 70.2. The zero-order valence-corrected chi connectivity index (χ0v) is 33.8. The molecular formula is C41H41ClFN11O6. The molecule has 1 aromatic carbocycles. The second-order valence-electron chi connectivity index (χ2n) is 16.0. The lowest BCUT2D eigenvalue weighted by Crippen LogP contribution is -2.39. The first-order valence-corrected chi connectivity index (χ1v) is 19.8. The van der Waals surface area contributed by atoms with Crippen LogP contribution in [-0.2, 0) is 23.9 Å². The van der Waals surface area contributed by atoms with Gasteiger partial charge in [-0.1, -0.05) is 23.7 Å². The molecule has 6 heterocycles. The molecule has 9 rings (SSSR count). The Balaban J connectivity index is 0.000000167. The number of hydrogen-bond acceptors (Lipinski definition) is 12. The van der Waals surface area contributed by atoms with E-state index < -0.39 is 17.6 Å². The number of carbonyl (C=O) groups is 5. The molecule has 0 unspecified atom stereocenters. The Bertz CT molecular complexity index is 2640. The fourth-order valence-electron chi connectivity index (χ4n) is 6.65. The number of nitrogens with zero attached hydrogens (tertiary/aromatic N) is 7. The summed E-state index contributed by atoms with van der Waals surface area (Å²) in [5, 5.41) is 20.3. The zero-order chi connectivity index (χ0) is 42.5. The van der Waals surface area contributed by atoms with Crippen molar-refractivity contribution in [1.29, 1.82) is 0 Å². The van der Waals surface area contributed by atoms with Gasteiger partial charge in [-0.3, -0.25) is 34.7 Å². The molecule has 0 bridgehead atoms. The van der Waals surface area contributed by atoms with Gasteiger partial charge in [0.05, 0.1) is 25.2 Å². The highest BCUT2D eigenvalue weighted by molar-refractivity contribution is 6.30. The first kappa shape index (κ1) is 40.1. The highest BCUT2D eigenvalue weighted by Gasteiger charge is 2.38.